The van der Waals surface area contributed by atoms with E-state index in [9.17, 15) is 4.79 Å². The fraction of sp³-hybridized carbons (Fsp3) is 0.350. The third kappa shape index (κ3) is 6.47. The zero-order chi connectivity index (χ0) is 18.1. The summed E-state index contributed by atoms with van der Waals surface area (Å²) < 4.78 is 16.4. The molecule has 1 amide bonds. The van der Waals surface area contributed by atoms with Gasteiger partial charge in [0.1, 0.15) is 18.1 Å². The molecule has 0 radical (unpaired) electrons. The Hall–Kier alpha value is -2.53. The Morgan fingerprint density at radius 3 is 2.52 bits per heavy atom. The summed E-state index contributed by atoms with van der Waals surface area (Å²) in [4.78, 5) is 12.2. The van der Waals surface area contributed by atoms with Gasteiger partial charge in [-0.05, 0) is 62.7 Å². The molecule has 134 valence electrons. The molecule has 1 atom stereocenters. The molecule has 1 unspecified atom stereocenters. The van der Waals surface area contributed by atoms with Gasteiger partial charge in [-0.15, -0.1) is 0 Å². The summed E-state index contributed by atoms with van der Waals surface area (Å²) in [7, 11) is 0. The molecular weight excluding hydrogens is 318 g/mol. The van der Waals surface area contributed by atoms with E-state index in [0.29, 0.717) is 31.3 Å². The number of ether oxygens (including phenoxy) is 3. The lowest BCUT2D eigenvalue weighted by atomic mass is 10.2. The third-order valence-corrected chi connectivity index (χ3v) is 3.49. The van der Waals surface area contributed by atoms with Crippen LogP contribution in [0.15, 0.2) is 48.5 Å². The fourth-order valence-corrected chi connectivity index (χ4v) is 2.19. The van der Waals surface area contributed by atoms with Crippen molar-refractivity contribution in [1.82, 2.24) is 0 Å². The molecule has 0 spiro atoms. The summed E-state index contributed by atoms with van der Waals surface area (Å²) in [6.45, 7) is 7.39. The number of nitrogens with one attached hydrogen (secondary N) is 1. The Morgan fingerprint density at radius 2 is 1.84 bits per heavy atom. The van der Waals surface area contributed by atoms with Crippen LogP contribution in [0.1, 0.15) is 19.4 Å². The molecule has 0 fully saturated rings. The van der Waals surface area contributed by atoms with Crippen LogP contribution in [-0.4, -0.2) is 31.8 Å². The van der Waals surface area contributed by atoms with Crippen molar-refractivity contribution in [3.05, 3.63) is 54.1 Å². The molecule has 0 saturated heterocycles. The molecule has 2 aromatic rings. The van der Waals surface area contributed by atoms with Crippen molar-refractivity contribution in [3.63, 3.8) is 0 Å². The van der Waals surface area contributed by atoms with E-state index < -0.39 is 6.10 Å². The highest BCUT2D eigenvalue weighted by molar-refractivity contribution is 5.94. The molecule has 2 aromatic carbocycles. The van der Waals surface area contributed by atoms with Gasteiger partial charge < -0.3 is 19.5 Å². The van der Waals surface area contributed by atoms with Crippen LogP contribution in [0.4, 0.5) is 5.69 Å². The summed E-state index contributed by atoms with van der Waals surface area (Å²) in [5.74, 6) is 1.22. The van der Waals surface area contributed by atoms with Gasteiger partial charge in [0.05, 0.1) is 6.61 Å². The highest BCUT2D eigenvalue weighted by Gasteiger charge is 2.15. The minimum Gasteiger partial charge on any atom is -0.491 e. The summed E-state index contributed by atoms with van der Waals surface area (Å²) in [6, 6.07) is 14.8. The Labute approximate surface area is 148 Å². The first-order valence-electron chi connectivity index (χ1n) is 8.43. The number of hydrogen-bond acceptors (Lipinski definition) is 4. The van der Waals surface area contributed by atoms with Crippen molar-refractivity contribution in [2.75, 3.05) is 25.1 Å². The highest BCUT2D eigenvalue weighted by Crippen LogP contribution is 2.17. The molecule has 0 aliphatic heterocycles. The van der Waals surface area contributed by atoms with Gasteiger partial charge in [0.15, 0.2) is 6.10 Å². The van der Waals surface area contributed by atoms with Gasteiger partial charge in [0.25, 0.3) is 5.91 Å². The van der Waals surface area contributed by atoms with Crippen LogP contribution in [0.5, 0.6) is 11.5 Å². The van der Waals surface area contributed by atoms with Crippen molar-refractivity contribution < 1.29 is 19.0 Å². The maximum absolute atomic E-state index is 12.2. The van der Waals surface area contributed by atoms with Crippen LogP contribution in [0.25, 0.3) is 0 Å². The number of anilines is 1. The first kappa shape index (κ1) is 18.8. The number of amides is 1. The van der Waals surface area contributed by atoms with Crippen molar-refractivity contribution in [3.8, 4) is 11.5 Å². The molecule has 2 rings (SSSR count). The quantitative estimate of drug-likeness (QED) is 0.703. The molecule has 0 saturated carbocycles. The van der Waals surface area contributed by atoms with E-state index in [-0.39, 0.29) is 5.91 Å². The van der Waals surface area contributed by atoms with Crippen LogP contribution >= 0.6 is 0 Å². The summed E-state index contributed by atoms with van der Waals surface area (Å²) in [6.07, 6.45) is -0.594. The number of aryl methyl sites for hydroxylation is 1. The summed E-state index contributed by atoms with van der Waals surface area (Å²) in [5.41, 5.74) is 1.78. The van der Waals surface area contributed by atoms with Crippen molar-refractivity contribution >= 4 is 11.6 Å². The van der Waals surface area contributed by atoms with Crippen LogP contribution in [-0.2, 0) is 9.53 Å². The topological polar surface area (TPSA) is 56.8 Å². The smallest absolute Gasteiger partial charge is 0.265 e. The highest BCUT2D eigenvalue weighted by atomic mass is 16.5. The van der Waals surface area contributed by atoms with E-state index in [2.05, 4.69) is 5.32 Å². The van der Waals surface area contributed by atoms with Crippen molar-refractivity contribution in [2.24, 2.45) is 0 Å². The molecular formula is C20H25NO4. The Morgan fingerprint density at radius 1 is 1.08 bits per heavy atom. The van der Waals surface area contributed by atoms with E-state index in [0.717, 1.165) is 11.3 Å². The summed E-state index contributed by atoms with van der Waals surface area (Å²) in [5, 5.41) is 2.84. The Balaban J connectivity index is 1.83. The predicted octanol–water partition coefficient (Wildman–Crippen LogP) is 3.82. The largest absolute Gasteiger partial charge is 0.491 e. The molecule has 5 nitrogen and oxygen atoms in total. The van der Waals surface area contributed by atoms with E-state index >= 15 is 0 Å². The molecule has 0 bridgehead atoms. The molecule has 25 heavy (non-hydrogen) atoms. The number of rotatable bonds is 9. The van der Waals surface area contributed by atoms with Gasteiger partial charge in [-0.25, -0.2) is 0 Å². The first-order chi connectivity index (χ1) is 12.1. The zero-order valence-electron chi connectivity index (χ0n) is 15.0. The predicted molar refractivity (Wildman–Crippen MR) is 98.3 cm³/mol. The number of carbonyl (C=O) groups is 1. The molecule has 0 aliphatic carbocycles. The molecule has 0 aliphatic rings. The second-order valence-corrected chi connectivity index (χ2v) is 5.64. The normalized spacial score (nSPS) is 11.6. The Bertz CT molecular complexity index is 670. The first-order valence-corrected chi connectivity index (χ1v) is 8.43. The monoisotopic (exact) mass is 343 g/mol. The lowest BCUT2D eigenvalue weighted by Crippen LogP contribution is -2.30. The van der Waals surface area contributed by atoms with Crippen LogP contribution in [0.2, 0.25) is 0 Å². The second-order valence-electron chi connectivity index (χ2n) is 5.64. The Kier molecular flexibility index (Phi) is 7.29. The zero-order valence-corrected chi connectivity index (χ0v) is 15.0. The van der Waals surface area contributed by atoms with E-state index in [1.165, 1.54) is 0 Å². The standard InChI is InChI=1S/C20H25NO4/c1-4-23-12-13-24-18-10-8-17(9-11-18)21-20(22)16(3)25-19-7-5-6-15(2)14-19/h5-11,14,16H,4,12-13H2,1-3H3,(H,21,22). The SMILES string of the molecule is CCOCCOc1ccc(NC(=O)C(C)Oc2cccc(C)c2)cc1. The van der Waals surface area contributed by atoms with E-state index in [1.54, 1.807) is 19.1 Å². The van der Waals surface area contributed by atoms with Crippen LogP contribution in [0, 0.1) is 6.92 Å². The lowest BCUT2D eigenvalue weighted by molar-refractivity contribution is -0.122. The number of benzene rings is 2. The average molecular weight is 343 g/mol. The van der Waals surface area contributed by atoms with Gasteiger partial charge in [0, 0.05) is 12.3 Å². The minimum atomic E-state index is -0.594. The van der Waals surface area contributed by atoms with Gasteiger partial charge in [0.2, 0.25) is 0 Å². The van der Waals surface area contributed by atoms with Crippen molar-refractivity contribution in [1.29, 1.82) is 0 Å². The van der Waals surface area contributed by atoms with Gasteiger partial charge in [-0.3, -0.25) is 4.79 Å². The van der Waals surface area contributed by atoms with Gasteiger partial charge >= 0.3 is 0 Å². The van der Waals surface area contributed by atoms with Gasteiger partial charge in [-0.1, -0.05) is 12.1 Å². The second kappa shape index (κ2) is 9.69. The molecule has 1 N–H and O–H groups in total. The average Bonchev–Trinajstić information content (AvgIpc) is 2.60. The fourth-order valence-electron chi connectivity index (χ4n) is 2.19. The molecule has 0 heterocycles. The maximum Gasteiger partial charge on any atom is 0.265 e. The maximum atomic E-state index is 12.2. The molecule has 5 heteroatoms. The number of carbonyl (C=O) groups excluding carboxylic acids is 1. The lowest BCUT2D eigenvalue weighted by Gasteiger charge is -2.15. The van der Waals surface area contributed by atoms with E-state index in [1.807, 2.05) is 50.2 Å². The van der Waals surface area contributed by atoms with Gasteiger partial charge in [-0.2, -0.15) is 0 Å². The van der Waals surface area contributed by atoms with Crippen LogP contribution < -0.4 is 14.8 Å². The van der Waals surface area contributed by atoms with Crippen LogP contribution in [0.3, 0.4) is 0 Å². The van der Waals surface area contributed by atoms with Crippen molar-refractivity contribution in [2.45, 2.75) is 26.9 Å². The van der Waals surface area contributed by atoms with E-state index in [4.69, 9.17) is 14.2 Å². The molecule has 0 aromatic heterocycles. The third-order valence-electron chi connectivity index (χ3n) is 3.49. The summed E-state index contributed by atoms with van der Waals surface area (Å²) >= 11 is 0. The minimum absolute atomic E-state index is 0.202. The number of hydrogen-bond donors (Lipinski definition) is 1.